The predicted molar refractivity (Wildman–Crippen MR) is 94.0 cm³/mol. The first kappa shape index (κ1) is 16.5. The fourth-order valence-electron chi connectivity index (χ4n) is 3.57. The van der Waals surface area contributed by atoms with Gasteiger partial charge in [-0.05, 0) is 50.0 Å². The maximum absolute atomic E-state index is 12.7. The number of carbonyl (C=O) groups is 1. The Kier molecular flexibility index (Phi) is 5.37. The number of likely N-dealkylation sites (tertiary alicyclic amines) is 1. The van der Waals surface area contributed by atoms with Crippen molar-refractivity contribution in [1.29, 1.82) is 0 Å². The van der Waals surface area contributed by atoms with E-state index in [4.69, 9.17) is 0 Å². The summed E-state index contributed by atoms with van der Waals surface area (Å²) in [5.41, 5.74) is 1.31. The average molecular weight is 314 g/mol. The maximum Gasteiger partial charge on any atom is 0.236 e. The van der Waals surface area contributed by atoms with Crippen molar-refractivity contribution in [3.8, 4) is 0 Å². The van der Waals surface area contributed by atoms with Gasteiger partial charge >= 0.3 is 0 Å². The van der Waals surface area contributed by atoms with Gasteiger partial charge in [-0.2, -0.15) is 0 Å². The van der Waals surface area contributed by atoms with Crippen molar-refractivity contribution >= 4 is 5.91 Å². The second-order valence-corrected chi connectivity index (χ2v) is 7.53. The van der Waals surface area contributed by atoms with Crippen LogP contribution in [-0.2, 0) is 11.3 Å². The van der Waals surface area contributed by atoms with Crippen LogP contribution >= 0.6 is 0 Å². The summed E-state index contributed by atoms with van der Waals surface area (Å²) in [7, 11) is 0. The monoisotopic (exact) mass is 314 g/mol. The number of carbonyl (C=O) groups excluding carboxylic acids is 1. The van der Waals surface area contributed by atoms with Crippen molar-refractivity contribution in [3.05, 3.63) is 35.9 Å². The molecule has 1 heterocycles. The summed E-state index contributed by atoms with van der Waals surface area (Å²) in [6.45, 7) is 7.92. The highest BCUT2D eigenvalue weighted by atomic mass is 16.2. The van der Waals surface area contributed by atoms with Gasteiger partial charge in [0.05, 0.1) is 6.54 Å². The zero-order valence-corrected chi connectivity index (χ0v) is 14.6. The van der Waals surface area contributed by atoms with Crippen LogP contribution in [0.2, 0.25) is 0 Å². The maximum atomic E-state index is 12.7. The van der Waals surface area contributed by atoms with Crippen LogP contribution in [0.5, 0.6) is 0 Å². The molecule has 3 heteroatoms. The van der Waals surface area contributed by atoms with Crippen molar-refractivity contribution in [3.63, 3.8) is 0 Å². The Labute approximate surface area is 140 Å². The summed E-state index contributed by atoms with van der Waals surface area (Å²) in [6, 6.07) is 11.1. The Morgan fingerprint density at radius 3 is 2.43 bits per heavy atom. The van der Waals surface area contributed by atoms with Gasteiger partial charge in [-0.3, -0.25) is 9.69 Å². The van der Waals surface area contributed by atoms with Crippen LogP contribution in [0.4, 0.5) is 0 Å². The first-order valence-corrected chi connectivity index (χ1v) is 9.19. The summed E-state index contributed by atoms with van der Waals surface area (Å²) in [5, 5.41) is 0. The molecule has 126 valence electrons. The van der Waals surface area contributed by atoms with E-state index in [1.54, 1.807) is 0 Å². The van der Waals surface area contributed by atoms with Crippen LogP contribution in [0.25, 0.3) is 0 Å². The Morgan fingerprint density at radius 1 is 1.17 bits per heavy atom. The van der Waals surface area contributed by atoms with Gasteiger partial charge in [0.2, 0.25) is 5.91 Å². The van der Waals surface area contributed by atoms with Crippen LogP contribution in [0.15, 0.2) is 30.3 Å². The van der Waals surface area contributed by atoms with Crippen molar-refractivity contribution in [2.24, 2.45) is 11.8 Å². The standard InChI is InChI=1S/C20H30N2O/c1-16-10-12-21(13-11-16)20(23)15-22(17(2)19-8-9-19)14-18-6-4-3-5-7-18/h3-7,16-17,19H,8-15H2,1-2H3. The molecule has 2 aliphatic rings. The van der Waals surface area contributed by atoms with E-state index in [0.29, 0.717) is 18.5 Å². The lowest BCUT2D eigenvalue weighted by molar-refractivity contribution is -0.134. The lowest BCUT2D eigenvalue weighted by Crippen LogP contribution is -2.46. The van der Waals surface area contributed by atoms with E-state index < -0.39 is 0 Å². The van der Waals surface area contributed by atoms with Gasteiger partial charge in [0.15, 0.2) is 0 Å². The predicted octanol–water partition coefficient (Wildman–Crippen LogP) is 3.55. The van der Waals surface area contributed by atoms with Gasteiger partial charge in [-0.1, -0.05) is 37.3 Å². The summed E-state index contributed by atoms with van der Waals surface area (Å²) < 4.78 is 0. The van der Waals surface area contributed by atoms with Crippen LogP contribution in [0.3, 0.4) is 0 Å². The molecule has 0 bridgehead atoms. The Hall–Kier alpha value is -1.35. The molecule has 3 nitrogen and oxygen atoms in total. The highest BCUT2D eigenvalue weighted by Crippen LogP contribution is 2.35. The zero-order valence-electron chi connectivity index (χ0n) is 14.6. The van der Waals surface area contributed by atoms with E-state index in [1.165, 1.54) is 18.4 Å². The SMILES string of the molecule is CC1CCN(C(=O)CN(Cc2ccccc2)C(C)C2CC2)CC1. The highest BCUT2D eigenvalue weighted by molar-refractivity contribution is 5.78. The van der Waals surface area contributed by atoms with E-state index >= 15 is 0 Å². The van der Waals surface area contributed by atoms with E-state index in [-0.39, 0.29) is 0 Å². The molecule has 1 saturated carbocycles. The van der Waals surface area contributed by atoms with E-state index in [9.17, 15) is 4.79 Å². The van der Waals surface area contributed by atoms with Gasteiger partial charge in [-0.25, -0.2) is 0 Å². The first-order chi connectivity index (χ1) is 11.1. The Bertz CT molecular complexity index is 504. The smallest absolute Gasteiger partial charge is 0.236 e. The fraction of sp³-hybridized carbons (Fsp3) is 0.650. The Morgan fingerprint density at radius 2 is 1.83 bits per heavy atom. The third-order valence-electron chi connectivity index (χ3n) is 5.58. The van der Waals surface area contributed by atoms with Gasteiger partial charge in [0.1, 0.15) is 0 Å². The van der Waals surface area contributed by atoms with Gasteiger partial charge < -0.3 is 4.90 Å². The minimum Gasteiger partial charge on any atom is -0.342 e. The third kappa shape index (κ3) is 4.57. The van der Waals surface area contributed by atoms with Crippen molar-refractivity contribution in [2.45, 2.75) is 52.1 Å². The molecule has 1 saturated heterocycles. The minimum absolute atomic E-state index is 0.320. The number of piperidine rings is 1. The van der Waals surface area contributed by atoms with Crippen molar-refractivity contribution < 1.29 is 4.79 Å². The normalized spacial score (nSPS) is 20.7. The number of benzene rings is 1. The van der Waals surface area contributed by atoms with Crippen molar-refractivity contribution in [1.82, 2.24) is 9.80 Å². The molecule has 23 heavy (non-hydrogen) atoms. The minimum atomic E-state index is 0.320. The summed E-state index contributed by atoms with van der Waals surface area (Å²) in [4.78, 5) is 17.2. The molecule has 0 aromatic heterocycles. The molecule has 1 amide bonds. The van der Waals surface area contributed by atoms with Gasteiger partial charge in [0.25, 0.3) is 0 Å². The van der Waals surface area contributed by atoms with Crippen LogP contribution in [0.1, 0.15) is 45.1 Å². The molecule has 0 radical (unpaired) electrons. The number of amides is 1. The summed E-state index contributed by atoms with van der Waals surface area (Å²) in [5.74, 6) is 1.87. The number of hydrogen-bond donors (Lipinski definition) is 0. The van der Waals surface area contributed by atoms with E-state index in [1.807, 2.05) is 0 Å². The second kappa shape index (κ2) is 7.48. The molecule has 1 unspecified atom stereocenters. The molecule has 1 aliphatic heterocycles. The zero-order chi connectivity index (χ0) is 16.2. The largest absolute Gasteiger partial charge is 0.342 e. The molecule has 1 aromatic rings. The average Bonchev–Trinajstić information content (AvgIpc) is 3.40. The summed E-state index contributed by atoms with van der Waals surface area (Å²) >= 11 is 0. The molecule has 0 spiro atoms. The third-order valence-corrected chi connectivity index (χ3v) is 5.58. The lowest BCUT2D eigenvalue weighted by atomic mass is 9.99. The quantitative estimate of drug-likeness (QED) is 0.802. The molecule has 1 aromatic carbocycles. The molecule has 1 aliphatic carbocycles. The number of nitrogens with zero attached hydrogens (tertiary/aromatic N) is 2. The molecule has 1 atom stereocenters. The number of rotatable bonds is 6. The van der Waals surface area contributed by atoms with Crippen LogP contribution in [0, 0.1) is 11.8 Å². The molecule has 0 N–H and O–H groups in total. The molecular weight excluding hydrogens is 284 g/mol. The Balaban J connectivity index is 1.62. The van der Waals surface area contributed by atoms with Crippen LogP contribution < -0.4 is 0 Å². The number of hydrogen-bond acceptors (Lipinski definition) is 2. The topological polar surface area (TPSA) is 23.6 Å². The lowest BCUT2D eigenvalue weighted by Gasteiger charge is -2.34. The van der Waals surface area contributed by atoms with Crippen molar-refractivity contribution in [2.75, 3.05) is 19.6 Å². The van der Waals surface area contributed by atoms with Gasteiger partial charge in [-0.15, -0.1) is 0 Å². The highest BCUT2D eigenvalue weighted by Gasteiger charge is 2.33. The van der Waals surface area contributed by atoms with E-state index in [2.05, 4.69) is 54.0 Å². The molecular formula is C20H30N2O. The molecule has 3 rings (SSSR count). The second-order valence-electron chi connectivity index (χ2n) is 7.53. The van der Waals surface area contributed by atoms with Gasteiger partial charge in [0, 0.05) is 25.7 Å². The van der Waals surface area contributed by atoms with E-state index in [0.717, 1.165) is 44.3 Å². The fourth-order valence-corrected chi connectivity index (χ4v) is 3.57. The molecule has 2 fully saturated rings. The van der Waals surface area contributed by atoms with Crippen LogP contribution in [-0.4, -0.2) is 41.4 Å². The first-order valence-electron chi connectivity index (χ1n) is 9.19. The summed E-state index contributed by atoms with van der Waals surface area (Å²) in [6.07, 6.45) is 4.95.